The highest BCUT2D eigenvalue weighted by atomic mass is 16.6. The van der Waals surface area contributed by atoms with Gasteiger partial charge in [0.1, 0.15) is 17.7 Å². The molecule has 1 saturated heterocycles. The molecule has 3 N–H and O–H groups in total. The number of alkyl carbamates (subject to hydrolysis) is 1. The van der Waals surface area contributed by atoms with Crippen LogP contribution in [0, 0.1) is 5.92 Å². The quantitative estimate of drug-likeness (QED) is 0.241. The lowest BCUT2D eigenvalue weighted by Crippen LogP contribution is -2.54. The van der Waals surface area contributed by atoms with E-state index in [9.17, 15) is 24.3 Å². The summed E-state index contributed by atoms with van der Waals surface area (Å²) in [5.74, 6) is -3.35. The normalized spacial score (nSPS) is 24.2. The highest BCUT2D eigenvalue weighted by Crippen LogP contribution is 2.30. The van der Waals surface area contributed by atoms with E-state index in [4.69, 9.17) is 14.2 Å². The summed E-state index contributed by atoms with van der Waals surface area (Å²) in [6.45, 7) is 8.95. The predicted molar refractivity (Wildman–Crippen MR) is 129 cm³/mol. The summed E-state index contributed by atoms with van der Waals surface area (Å²) in [6, 6.07) is -2.47. The van der Waals surface area contributed by atoms with Crippen LogP contribution in [0.2, 0.25) is 0 Å². The smallest absolute Gasteiger partial charge is 0.408 e. The van der Waals surface area contributed by atoms with Gasteiger partial charge < -0.3 is 29.5 Å². The number of carbonyl (C=O) groups excluding carboxylic acids is 3. The maximum absolute atomic E-state index is 13.4. The molecule has 36 heavy (non-hydrogen) atoms. The van der Waals surface area contributed by atoms with E-state index in [0.29, 0.717) is 6.54 Å². The van der Waals surface area contributed by atoms with Gasteiger partial charge in [-0.05, 0) is 45.6 Å². The first-order valence-electron chi connectivity index (χ1n) is 12.0. The number of rotatable bonds is 9. The lowest BCUT2D eigenvalue weighted by molar-refractivity contribution is -0.152. The fraction of sp³-hybridized carbons (Fsp3) is 0.600. The van der Waals surface area contributed by atoms with Crippen LogP contribution in [0.25, 0.3) is 0 Å². The van der Waals surface area contributed by atoms with Crippen LogP contribution in [0.1, 0.15) is 40.0 Å². The van der Waals surface area contributed by atoms with Gasteiger partial charge in [0.2, 0.25) is 5.91 Å². The third kappa shape index (κ3) is 6.94. The number of likely N-dealkylation sites (tertiary alicyclic amines) is 1. The van der Waals surface area contributed by atoms with E-state index in [2.05, 4.69) is 17.2 Å². The first kappa shape index (κ1) is 27.4. The van der Waals surface area contributed by atoms with E-state index in [0.717, 1.165) is 23.3 Å². The molecule has 1 fully saturated rings. The Balaban J connectivity index is 1.70. The number of carboxylic acids is 1. The molecule has 3 rings (SSSR count). The van der Waals surface area contributed by atoms with E-state index in [1.54, 1.807) is 20.8 Å². The molecule has 0 aromatic rings. The Morgan fingerprint density at radius 2 is 2.08 bits per heavy atom. The summed E-state index contributed by atoms with van der Waals surface area (Å²) >= 11 is 0. The number of amides is 2. The van der Waals surface area contributed by atoms with Gasteiger partial charge in [-0.3, -0.25) is 14.9 Å². The Bertz CT molecular complexity index is 951. The minimum Gasteiger partial charge on any atom is -0.480 e. The van der Waals surface area contributed by atoms with Gasteiger partial charge in [0.05, 0.1) is 19.1 Å². The number of esters is 1. The van der Waals surface area contributed by atoms with Crippen molar-refractivity contribution in [3.05, 3.63) is 36.0 Å². The molecule has 1 aliphatic carbocycles. The van der Waals surface area contributed by atoms with Gasteiger partial charge in [-0.1, -0.05) is 18.2 Å². The molecule has 2 heterocycles. The number of carbonyl (C=O) groups is 4. The Morgan fingerprint density at radius 3 is 2.75 bits per heavy atom. The van der Waals surface area contributed by atoms with Crippen LogP contribution >= 0.6 is 0 Å². The number of hydrogen-bond acceptors (Lipinski definition) is 8. The van der Waals surface area contributed by atoms with Crippen LogP contribution in [-0.4, -0.2) is 84.2 Å². The molecule has 2 amide bonds. The number of nitrogens with zero attached hydrogens (tertiary/aromatic N) is 1. The first-order valence-corrected chi connectivity index (χ1v) is 12.0. The zero-order valence-electron chi connectivity index (χ0n) is 21.0. The second kappa shape index (κ2) is 11.7. The van der Waals surface area contributed by atoms with E-state index >= 15 is 0 Å². The lowest BCUT2D eigenvalue weighted by atomic mass is 9.99. The van der Waals surface area contributed by atoms with Crippen molar-refractivity contribution in [2.24, 2.45) is 5.92 Å². The lowest BCUT2D eigenvalue weighted by Gasteiger charge is -2.28. The minimum absolute atomic E-state index is 0.0962. The molecule has 2 aliphatic heterocycles. The van der Waals surface area contributed by atoms with Gasteiger partial charge in [0, 0.05) is 18.7 Å². The highest BCUT2D eigenvalue weighted by molar-refractivity contribution is 5.91. The Hall–Kier alpha value is -3.18. The molecule has 0 aromatic carbocycles. The Kier molecular flexibility index (Phi) is 8.91. The number of hydrogen-bond donors (Lipinski definition) is 3. The Labute approximate surface area is 210 Å². The largest absolute Gasteiger partial charge is 0.480 e. The maximum Gasteiger partial charge on any atom is 0.408 e. The number of carboxylic acid groups (broad SMARTS) is 1. The van der Waals surface area contributed by atoms with Crippen molar-refractivity contribution in [2.75, 3.05) is 26.3 Å². The van der Waals surface area contributed by atoms with Crippen molar-refractivity contribution in [1.29, 1.82) is 0 Å². The summed E-state index contributed by atoms with van der Waals surface area (Å²) in [5.41, 5.74) is 1.32. The van der Waals surface area contributed by atoms with Crippen LogP contribution in [0.5, 0.6) is 0 Å². The molecule has 11 heteroatoms. The zero-order chi connectivity index (χ0) is 26.5. The van der Waals surface area contributed by atoms with E-state index < -0.39 is 53.8 Å². The van der Waals surface area contributed by atoms with Gasteiger partial charge in [-0.2, -0.15) is 0 Å². The molecule has 4 unspecified atom stereocenters. The van der Waals surface area contributed by atoms with Gasteiger partial charge >= 0.3 is 18.0 Å². The molecule has 0 saturated carbocycles. The van der Waals surface area contributed by atoms with Gasteiger partial charge in [-0.25, -0.2) is 9.59 Å². The van der Waals surface area contributed by atoms with Crippen molar-refractivity contribution >= 4 is 23.9 Å². The van der Waals surface area contributed by atoms with E-state index in [-0.39, 0.29) is 26.2 Å². The van der Waals surface area contributed by atoms with Crippen molar-refractivity contribution in [2.45, 2.75) is 63.9 Å². The summed E-state index contributed by atoms with van der Waals surface area (Å²) in [4.78, 5) is 51.7. The van der Waals surface area contributed by atoms with Crippen LogP contribution in [0.15, 0.2) is 36.0 Å². The fourth-order valence-electron chi connectivity index (χ4n) is 4.41. The molecular weight excluding hydrogens is 470 g/mol. The monoisotopic (exact) mass is 505 g/mol. The molecule has 3 aliphatic rings. The molecule has 0 aromatic heterocycles. The molecule has 11 nitrogen and oxygen atoms in total. The fourth-order valence-corrected chi connectivity index (χ4v) is 4.41. The number of ether oxygens (including phenoxy) is 3. The molecule has 4 atom stereocenters. The zero-order valence-corrected chi connectivity index (χ0v) is 21.0. The first-order chi connectivity index (χ1) is 17.0. The van der Waals surface area contributed by atoms with Crippen LogP contribution in [0.3, 0.4) is 0 Å². The van der Waals surface area contributed by atoms with Crippen molar-refractivity contribution in [3.8, 4) is 0 Å². The number of aliphatic carboxylic acids is 1. The standard InChI is InChI=1S/C25H35N3O8/c1-5-10-34-14-18(27-24(33)36-25(2,3)4)21(29)28-13-16(11-19(28)22(30)31)23(32)35-20-17-9-7-6-8-15(17)12-26-20/h5,7,9,16,18-20,26H,1,6,8,10-14H2,2-4H3,(H,27,33)(H,30,31). The SMILES string of the molecule is C=CCOCC(NC(=O)OC(C)(C)C)C(=O)N1CC(C(=O)OC2NCC3=C2C=CCC3)CC1C(=O)O. The molecule has 198 valence electrons. The summed E-state index contributed by atoms with van der Waals surface area (Å²) in [6.07, 6.45) is 5.76. The van der Waals surface area contributed by atoms with E-state index in [1.807, 2.05) is 12.2 Å². The Morgan fingerprint density at radius 1 is 1.33 bits per heavy atom. The van der Waals surface area contributed by atoms with Gasteiger partial charge in [-0.15, -0.1) is 6.58 Å². The molecule has 0 radical (unpaired) electrons. The average Bonchev–Trinajstić information content (AvgIpc) is 3.42. The second-order valence-corrected chi connectivity index (χ2v) is 10.00. The molecular formula is C25H35N3O8. The summed E-state index contributed by atoms with van der Waals surface area (Å²) in [7, 11) is 0. The number of nitrogens with one attached hydrogen (secondary N) is 2. The third-order valence-corrected chi connectivity index (χ3v) is 6.05. The molecule has 0 bridgehead atoms. The van der Waals surface area contributed by atoms with Crippen molar-refractivity contribution in [3.63, 3.8) is 0 Å². The van der Waals surface area contributed by atoms with Gasteiger partial charge in [0.25, 0.3) is 0 Å². The number of allylic oxidation sites excluding steroid dienone is 1. The van der Waals surface area contributed by atoms with Crippen molar-refractivity contribution < 1.29 is 38.5 Å². The minimum atomic E-state index is -1.25. The van der Waals surface area contributed by atoms with Crippen LogP contribution in [0.4, 0.5) is 4.79 Å². The predicted octanol–water partition coefficient (Wildman–Crippen LogP) is 1.50. The van der Waals surface area contributed by atoms with E-state index in [1.165, 1.54) is 11.6 Å². The second-order valence-electron chi connectivity index (χ2n) is 10.00. The van der Waals surface area contributed by atoms with Gasteiger partial charge in [0.15, 0.2) is 6.23 Å². The van der Waals surface area contributed by atoms with Crippen molar-refractivity contribution in [1.82, 2.24) is 15.5 Å². The van der Waals surface area contributed by atoms with Crippen LogP contribution in [-0.2, 0) is 28.6 Å². The summed E-state index contributed by atoms with van der Waals surface area (Å²) < 4.78 is 16.3. The van der Waals surface area contributed by atoms with Crippen LogP contribution < -0.4 is 10.6 Å². The average molecular weight is 506 g/mol. The third-order valence-electron chi connectivity index (χ3n) is 6.05. The highest BCUT2D eigenvalue weighted by Gasteiger charge is 2.46. The molecule has 0 spiro atoms. The summed E-state index contributed by atoms with van der Waals surface area (Å²) in [5, 5.41) is 15.4. The maximum atomic E-state index is 13.4. The topological polar surface area (TPSA) is 144 Å².